The molecule has 0 saturated heterocycles. The molecule has 0 aliphatic heterocycles. The van der Waals surface area contributed by atoms with E-state index in [0.29, 0.717) is 0 Å². The Hall–Kier alpha value is -7.68. The smallest absolute Gasteiger partial charge is 0.159 e. The minimum Gasteiger partial charge on any atom is -0.454 e. The molecule has 11 aromatic rings. The Labute approximate surface area is 342 Å². The van der Waals surface area contributed by atoms with Crippen LogP contribution in [0.3, 0.4) is 0 Å². The molecule has 12 rings (SSSR count). The number of anilines is 3. The van der Waals surface area contributed by atoms with Crippen LogP contribution in [-0.4, -0.2) is 0 Å². The van der Waals surface area contributed by atoms with Gasteiger partial charge in [-0.3, -0.25) is 0 Å². The van der Waals surface area contributed by atoms with Crippen LogP contribution in [0, 0.1) is 6.92 Å². The molecule has 2 nitrogen and oxygen atoms in total. The number of benzene rings is 10. The average Bonchev–Trinajstić information content (AvgIpc) is 3.68. The van der Waals surface area contributed by atoms with Gasteiger partial charge in [0.15, 0.2) is 5.58 Å². The SMILES string of the molecule is Cc1ccc2c(oc3ccccc32)c1N(c1cccc(-c2ccccc2)c1)c1ccc2cc3c(cc2c1)-c1cc2cc(-c4ccccc4)c(-c4ccccc4)cc2cc1-3. The Bertz CT molecular complexity index is 3440. The number of rotatable bonds is 6. The van der Waals surface area contributed by atoms with Gasteiger partial charge in [0.25, 0.3) is 0 Å². The zero-order valence-electron chi connectivity index (χ0n) is 32.5. The number of fused-ring (bicyclic) bond motifs is 9. The van der Waals surface area contributed by atoms with Gasteiger partial charge in [-0.25, -0.2) is 0 Å². The van der Waals surface area contributed by atoms with E-state index in [1.807, 2.05) is 6.07 Å². The summed E-state index contributed by atoms with van der Waals surface area (Å²) in [6.07, 6.45) is 0. The van der Waals surface area contributed by atoms with Crippen LogP contribution in [0.2, 0.25) is 0 Å². The van der Waals surface area contributed by atoms with Crippen LogP contribution < -0.4 is 4.90 Å². The minimum atomic E-state index is 0.889. The lowest BCUT2D eigenvalue weighted by molar-refractivity contribution is 0.668. The molecule has 0 atom stereocenters. The van der Waals surface area contributed by atoms with Crippen LogP contribution in [0.4, 0.5) is 17.1 Å². The Morgan fingerprint density at radius 1 is 0.339 bits per heavy atom. The molecule has 0 radical (unpaired) electrons. The van der Waals surface area contributed by atoms with Gasteiger partial charge in [-0.1, -0.05) is 140 Å². The number of hydrogen-bond donors (Lipinski definition) is 0. The molecular weight excluding hydrogens is 715 g/mol. The summed E-state index contributed by atoms with van der Waals surface area (Å²) in [5.74, 6) is 0. The maximum absolute atomic E-state index is 6.74. The predicted octanol–water partition coefficient (Wildman–Crippen LogP) is 16.3. The van der Waals surface area contributed by atoms with Crippen molar-refractivity contribution < 1.29 is 4.42 Å². The zero-order valence-corrected chi connectivity index (χ0v) is 32.5. The van der Waals surface area contributed by atoms with E-state index >= 15 is 0 Å². The molecule has 0 fully saturated rings. The van der Waals surface area contributed by atoms with Gasteiger partial charge in [-0.15, -0.1) is 0 Å². The summed E-state index contributed by atoms with van der Waals surface area (Å²) in [6.45, 7) is 2.19. The fourth-order valence-electron chi connectivity index (χ4n) is 9.33. The summed E-state index contributed by atoms with van der Waals surface area (Å²) in [7, 11) is 0. The second-order valence-electron chi connectivity index (χ2n) is 15.8. The maximum Gasteiger partial charge on any atom is 0.159 e. The first-order chi connectivity index (χ1) is 29.1. The van der Waals surface area contributed by atoms with Crippen LogP contribution in [0.15, 0.2) is 211 Å². The number of hydrogen-bond acceptors (Lipinski definition) is 2. The van der Waals surface area contributed by atoms with Gasteiger partial charge in [0.05, 0.1) is 5.69 Å². The molecule has 1 aliphatic carbocycles. The van der Waals surface area contributed by atoms with Crippen molar-refractivity contribution in [1.82, 2.24) is 0 Å². The van der Waals surface area contributed by atoms with Gasteiger partial charge in [-0.05, 0) is 156 Å². The van der Waals surface area contributed by atoms with Crippen LogP contribution in [0.5, 0.6) is 0 Å². The molecule has 10 aromatic carbocycles. The first kappa shape index (κ1) is 33.5. The van der Waals surface area contributed by atoms with Crippen molar-refractivity contribution >= 4 is 60.5 Å². The van der Waals surface area contributed by atoms with Crippen LogP contribution in [0.25, 0.3) is 99.1 Å². The summed E-state index contributed by atoms with van der Waals surface area (Å²) in [5, 5.41) is 7.17. The summed E-state index contributed by atoms with van der Waals surface area (Å²) in [4.78, 5) is 2.39. The first-order valence-electron chi connectivity index (χ1n) is 20.3. The van der Waals surface area contributed by atoms with Gasteiger partial charge in [0.1, 0.15) is 5.58 Å². The van der Waals surface area contributed by atoms with Crippen molar-refractivity contribution in [2.24, 2.45) is 0 Å². The van der Waals surface area contributed by atoms with Crippen LogP contribution >= 0.6 is 0 Å². The van der Waals surface area contributed by atoms with E-state index in [1.165, 1.54) is 77.2 Å². The second-order valence-corrected chi connectivity index (χ2v) is 15.8. The van der Waals surface area contributed by atoms with E-state index in [1.54, 1.807) is 0 Å². The van der Waals surface area contributed by atoms with Crippen LogP contribution in [0.1, 0.15) is 5.56 Å². The van der Waals surface area contributed by atoms with Crippen molar-refractivity contribution in [3.8, 4) is 55.6 Å². The van der Waals surface area contributed by atoms with Gasteiger partial charge >= 0.3 is 0 Å². The molecule has 0 amide bonds. The van der Waals surface area contributed by atoms with Crippen molar-refractivity contribution in [2.75, 3.05) is 4.90 Å². The van der Waals surface area contributed by atoms with E-state index in [2.05, 4.69) is 212 Å². The largest absolute Gasteiger partial charge is 0.454 e. The van der Waals surface area contributed by atoms with E-state index in [9.17, 15) is 0 Å². The molecule has 0 N–H and O–H groups in total. The Kier molecular flexibility index (Phi) is 7.48. The normalized spacial score (nSPS) is 11.8. The Morgan fingerprint density at radius 3 is 1.49 bits per heavy atom. The lowest BCUT2D eigenvalue weighted by Crippen LogP contribution is -2.12. The number of furan rings is 1. The highest BCUT2D eigenvalue weighted by Gasteiger charge is 2.26. The molecule has 0 spiro atoms. The van der Waals surface area contributed by atoms with Crippen molar-refractivity contribution in [2.45, 2.75) is 6.92 Å². The third-order valence-electron chi connectivity index (χ3n) is 12.2. The second kappa shape index (κ2) is 13.2. The molecule has 1 heterocycles. The van der Waals surface area contributed by atoms with Crippen molar-refractivity contribution in [3.05, 3.63) is 212 Å². The highest BCUT2D eigenvalue weighted by molar-refractivity contribution is 6.14. The monoisotopic (exact) mass is 751 g/mol. The number of aryl methyl sites for hydroxylation is 1. The van der Waals surface area contributed by atoms with E-state index < -0.39 is 0 Å². The summed E-state index contributed by atoms with van der Waals surface area (Å²) in [6, 6.07) is 75.0. The number of nitrogens with zero attached hydrogens (tertiary/aromatic N) is 1. The molecule has 1 aliphatic rings. The highest BCUT2D eigenvalue weighted by atomic mass is 16.3. The molecule has 59 heavy (non-hydrogen) atoms. The summed E-state index contributed by atoms with van der Waals surface area (Å²) in [5.41, 5.74) is 18.7. The average molecular weight is 752 g/mol. The molecule has 2 heteroatoms. The Morgan fingerprint density at radius 2 is 0.847 bits per heavy atom. The quantitative estimate of drug-likeness (QED) is 0.168. The minimum absolute atomic E-state index is 0.889. The standard InChI is InChI=1S/C57H37NO/c1-36-24-27-48-47-22-11-12-23-55(47)59-57(48)56(36)58(45-21-13-20-40(28-45)37-14-5-2-6-15-37)46-26-25-41-30-51-52(33-42(41)29-46)54-35-44-32-50(39-18-9-4-10-19-39)49(31-43(44)34-53(51)54)38-16-7-3-8-17-38/h2-35H,1H3. The fourth-order valence-corrected chi connectivity index (χ4v) is 9.33. The molecule has 276 valence electrons. The Balaban J connectivity index is 1.02. The van der Waals surface area contributed by atoms with Gasteiger partial charge < -0.3 is 9.32 Å². The maximum atomic E-state index is 6.74. The summed E-state index contributed by atoms with van der Waals surface area (Å²) >= 11 is 0. The summed E-state index contributed by atoms with van der Waals surface area (Å²) < 4.78 is 6.74. The van der Waals surface area contributed by atoms with Gasteiger partial charge in [0.2, 0.25) is 0 Å². The lowest BCUT2D eigenvalue weighted by atomic mass is 9.77. The van der Waals surface area contributed by atoms with E-state index in [-0.39, 0.29) is 0 Å². The van der Waals surface area contributed by atoms with Gasteiger partial charge in [-0.2, -0.15) is 0 Å². The molecular formula is C57H37NO. The third kappa shape index (κ3) is 5.41. The fraction of sp³-hybridized carbons (Fsp3) is 0.0175. The van der Waals surface area contributed by atoms with E-state index in [0.717, 1.165) is 44.6 Å². The number of para-hydroxylation sites is 1. The molecule has 0 saturated carbocycles. The van der Waals surface area contributed by atoms with E-state index in [4.69, 9.17) is 4.42 Å². The third-order valence-corrected chi connectivity index (χ3v) is 12.2. The first-order valence-corrected chi connectivity index (χ1v) is 20.3. The topological polar surface area (TPSA) is 16.4 Å². The zero-order chi connectivity index (χ0) is 39.0. The molecule has 0 unspecified atom stereocenters. The lowest BCUT2D eigenvalue weighted by Gasteiger charge is -2.29. The molecule has 0 bridgehead atoms. The van der Waals surface area contributed by atoms with Gasteiger partial charge in [0, 0.05) is 22.1 Å². The highest BCUT2D eigenvalue weighted by Crippen LogP contribution is 2.52. The molecule has 1 aromatic heterocycles. The van der Waals surface area contributed by atoms with Crippen molar-refractivity contribution in [1.29, 1.82) is 0 Å². The van der Waals surface area contributed by atoms with Crippen molar-refractivity contribution in [3.63, 3.8) is 0 Å². The van der Waals surface area contributed by atoms with Crippen LogP contribution in [-0.2, 0) is 0 Å². The predicted molar refractivity (Wildman–Crippen MR) is 249 cm³/mol.